The molecule has 0 fully saturated rings. The minimum Gasteiger partial charge on any atom is -0.479 e. The zero-order valence-electron chi connectivity index (χ0n) is 18.1. The minimum absolute atomic E-state index is 0.00699. The van der Waals surface area contributed by atoms with Crippen molar-refractivity contribution in [1.29, 1.82) is 0 Å². The minimum atomic E-state index is -1.58. The van der Waals surface area contributed by atoms with E-state index in [1.807, 2.05) is 60.7 Å². The number of nitrogens with one attached hydrogen (secondary N) is 1. The van der Waals surface area contributed by atoms with Crippen LogP contribution in [0.25, 0.3) is 22.2 Å². The van der Waals surface area contributed by atoms with E-state index >= 15 is 0 Å². The number of aliphatic carboxylic acids is 1. The van der Waals surface area contributed by atoms with Gasteiger partial charge in [0.25, 0.3) is 0 Å². The Balaban J connectivity index is 1.32. The fourth-order valence-electron chi connectivity index (χ4n) is 4.50. The molecule has 0 saturated carbocycles. The monoisotopic (exact) mass is 441 g/mol. The molecule has 0 spiro atoms. The number of carbonyl (C=O) groups excluding carboxylic acids is 1. The van der Waals surface area contributed by atoms with Crippen molar-refractivity contribution in [3.63, 3.8) is 0 Å². The van der Waals surface area contributed by atoms with Crippen molar-refractivity contribution in [3.05, 3.63) is 90.3 Å². The van der Waals surface area contributed by atoms with Crippen LogP contribution in [0.4, 0.5) is 4.79 Å². The number of amides is 1. The highest BCUT2D eigenvalue weighted by atomic mass is 16.5. The molecule has 3 aromatic carbocycles. The molecule has 2 N–H and O–H groups in total. The van der Waals surface area contributed by atoms with Crippen LogP contribution < -0.4 is 5.32 Å². The molecule has 7 nitrogen and oxygen atoms in total. The molecular formula is C26H23N3O4. The lowest BCUT2D eigenvalue weighted by molar-refractivity contribution is -0.144. The third-order valence-electron chi connectivity index (χ3n) is 6.21. The van der Waals surface area contributed by atoms with Gasteiger partial charge in [0.1, 0.15) is 6.61 Å². The maximum absolute atomic E-state index is 12.7. The lowest BCUT2D eigenvalue weighted by Gasteiger charge is -2.27. The van der Waals surface area contributed by atoms with Crippen molar-refractivity contribution >= 4 is 23.1 Å². The van der Waals surface area contributed by atoms with Crippen LogP contribution in [-0.2, 0) is 16.1 Å². The summed E-state index contributed by atoms with van der Waals surface area (Å²) < 4.78 is 7.27. The molecule has 4 aromatic rings. The number of hydrogen-bond donors (Lipinski definition) is 2. The van der Waals surface area contributed by atoms with E-state index in [-0.39, 0.29) is 19.1 Å². The van der Waals surface area contributed by atoms with Gasteiger partial charge in [0.2, 0.25) is 0 Å². The second-order valence-corrected chi connectivity index (χ2v) is 8.45. The number of carboxylic acids is 1. The summed E-state index contributed by atoms with van der Waals surface area (Å²) in [6.45, 7) is 1.59. The van der Waals surface area contributed by atoms with Crippen molar-refractivity contribution < 1.29 is 19.4 Å². The van der Waals surface area contributed by atoms with Gasteiger partial charge >= 0.3 is 12.1 Å². The van der Waals surface area contributed by atoms with Crippen LogP contribution in [-0.4, -0.2) is 38.9 Å². The summed E-state index contributed by atoms with van der Waals surface area (Å²) in [7, 11) is 0. The molecule has 5 rings (SSSR count). The SMILES string of the molecule is CC(Cn1cnc2ccccc21)(NC(=O)OCC1c2ccccc2-c2ccccc21)C(=O)O. The molecular weight excluding hydrogens is 418 g/mol. The summed E-state index contributed by atoms with van der Waals surface area (Å²) in [4.78, 5) is 29.1. The molecule has 1 heterocycles. The molecule has 1 amide bonds. The summed E-state index contributed by atoms with van der Waals surface area (Å²) in [5.41, 5.74) is 4.42. The van der Waals surface area contributed by atoms with E-state index in [1.165, 1.54) is 6.92 Å². The predicted molar refractivity (Wildman–Crippen MR) is 124 cm³/mol. The molecule has 7 heteroatoms. The molecule has 33 heavy (non-hydrogen) atoms. The molecule has 1 aliphatic rings. The van der Waals surface area contributed by atoms with E-state index in [4.69, 9.17) is 4.74 Å². The van der Waals surface area contributed by atoms with E-state index in [9.17, 15) is 14.7 Å². The van der Waals surface area contributed by atoms with Crippen LogP contribution in [0, 0.1) is 0 Å². The van der Waals surface area contributed by atoms with E-state index < -0.39 is 17.6 Å². The normalized spacial score (nSPS) is 14.3. The van der Waals surface area contributed by atoms with Gasteiger partial charge in [-0.25, -0.2) is 14.6 Å². The number of rotatable bonds is 6. The van der Waals surface area contributed by atoms with Gasteiger partial charge in [-0.3, -0.25) is 0 Å². The molecule has 1 aliphatic carbocycles. The molecule has 1 unspecified atom stereocenters. The van der Waals surface area contributed by atoms with Crippen LogP contribution in [0.1, 0.15) is 24.0 Å². The van der Waals surface area contributed by atoms with Gasteiger partial charge in [-0.05, 0) is 41.3 Å². The summed E-state index contributed by atoms with van der Waals surface area (Å²) >= 11 is 0. The van der Waals surface area contributed by atoms with Crippen molar-refractivity contribution in [1.82, 2.24) is 14.9 Å². The first-order valence-corrected chi connectivity index (χ1v) is 10.7. The highest BCUT2D eigenvalue weighted by Gasteiger charge is 2.37. The zero-order chi connectivity index (χ0) is 23.0. The van der Waals surface area contributed by atoms with Crippen LogP contribution in [0.3, 0.4) is 0 Å². The molecule has 0 aliphatic heterocycles. The lowest BCUT2D eigenvalue weighted by Crippen LogP contribution is -2.55. The molecule has 0 saturated heterocycles. The molecule has 166 valence electrons. The highest BCUT2D eigenvalue weighted by molar-refractivity contribution is 5.84. The number of nitrogens with zero attached hydrogens (tertiary/aromatic N) is 2. The Morgan fingerprint density at radius 3 is 2.27 bits per heavy atom. The number of alkyl carbamates (subject to hydrolysis) is 1. The predicted octanol–water partition coefficient (Wildman–Crippen LogP) is 4.42. The number of aromatic nitrogens is 2. The van der Waals surface area contributed by atoms with Gasteiger partial charge in [0.15, 0.2) is 5.54 Å². The van der Waals surface area contributed by atoms with E-state index in [1.54, 1.807) is 10.9 Å². The highest BCUT2D eigenvalue weighted by Crippen LogP contribution is 2.44. The Labute approximate surface area is 190 Å². The van der Waals surface area contributed by atoms with E-state index in [0.29, 0.717) is 0 Å². The number of benzene rings is 3. The number of imidazole rings is 1. The Morgan fingerprint density at radius 2 is 1.61 bits per heavy atom. The smallest absolute Gasteiger partial charge is 0.408 e. The van der Waals surface area contributed by atoms with Crippen molar-refractivity contribution in [2.75, 3.05) is 6.61 Å². The largest absolute Gasteiger partial charge is 0.479 e. The third-order valence-corrected chi connectivity index (χ3v) is 6.21. The first-order chi connectivity index (χ1) is 16.0. The van der Waals surface area contributed by atoms with Crippen molar-refractivity contribution in [3.8, 4) is 11.1 Å². The lowest BCUT2D eigenvalue weighted by atomic mass is 9.98. The average Bonchev–Trinajstić information content (AvgIpc) is 3.36. The van der Waals surface area contributed by atoms with Gasteiger partial charge in [-0.1, -0.05) is 60.7 Å². The Bertz CT molecular complexity index is 1320. The summed E-state index contributed by atoms with van der Waals surface area (Å²) in [6.07, 6.45) is 0.803. The fraction of sp³-hybridized carbons (Fsp3) is 0.192. The van der Waals surface area contributed by atoms with Gasteiger partial charge in [0, 0.05) is 5.92 Å². The second kappa shape index (κ2) is 8.09. The van der Waals surface area contributed by atoms with Crippen LogP contribution in [0.5, 0.6) is 0 Å². The third kappa shape index (κ3) is 3.71. The topological polar surface area (TPSA) is 93.5 Å². The number of carboxylic acid groups (broad SMARTS) is 1. The van der Waals surface area contributed by atoms with Gasteiger partial charge in [0.05, 0.1) is 23.9 Å². The van der Waals surface area contributed by atoms with E-state index in [0.717, 1.165) is 33.3 Å². The van der Waals surface area contributed by atoms with Gasteiger partial charge < -0.3 is 19.7 Å². The number of hydrogen-bond acceptors (Lipinski definition) is 4. The quantitative estimate of drug-likeness (QED) is 0.462. The fourth-order valence-corrected chi connectivity index (χ4v) is 4.50. The summed E-state index contributed by atoms with van der Waals surface area (Å²) in [5.74, 6) is -1.26. The Hall–Kier alpha value is -4.13. The first-order valence-electron chi connectivity index (χ1n) is 10.7. The number of ether oxygens (including phenoxy) is 1. The summed E-state index contributed by atoms with van der Waals surface area (Å²) in [5, 5.41) is 12.4. The number of para-hydroxylation sites is 2. The zero-order valence-corrected chi connectivity index (χ0v) is 18.1. The maximum Gasteiger partial charge on any atom is 0.408 e. The standard InChI is InChI=1S/C26H23N3O4/c1-26(24(30)31,15-29-16-27-22-12-6-7-13-23(22)29)28-25(32)33-14-21-19-10-4-2-8-17(19)18-9-3-5-11-20(18)21/h2-13,16,21H,14-15H2,1H3,(H,28,32)(H,30,31). The van der Waals surface area contributed by atoms with Gasteiger partial charge in [-0.15, -0.1) is 0 Å². The summed E-state index contributed by atoms with van der Waals surface area (Å²) in [6, 6.07) is 23.5. The molecule has 1 aromatic heterocycles. The molecule has 0 radical (unpaired) electrons. The first kappa shape index (κ1) is 20.8. The van der Waals surface area contributed by atoms with Gasteiger partial charge in [-0.2, -0.15) is 0 Å². The van der Waals surface area contributed by atoms with Crippen LogP contribution >= 0.6 is 0 Å². The Morgan fingerprint density at radius 1 is 1.00 bits per heavy atom. The number of carbonyl (C=O) groups is 2. The van der Waals surface area contributed by atoms with Crippen molar-refractivity contribution in [2.24, 2.45) is 0 Å². The van der Waals surface area contributed by atoms with E-state index in [2.05, 4.69) is 22.4 Å². The molecule has 1 atom stereocenters. The van der Waals surface area contributed by atoms with Crippen LogP contribution in [0.2, 0.25) is 0 Å². The van der Waals surface area contributed by atoms with Crippen molar-refractivity contribution in [2.45, 2.75) is 24.9 Å². The Kier molecular flexibility index (Phi) is 5.09. The van der Waals surface area contributed by atoms with Crippen LogP contribution in [0.15, 0.2) is 79.1 Å². The second-order valence-electron chi connectivity index (χ2n) is 8.45. The average molecular weight is 441 g/mol. The number of fused-ring (bicyclic) bond motifs is 4. The molecule has 0 bridgehead atoms. The maximum atomic E-state index is 12.7.